The van der Waals surface area contributed by atoms with Gasteiger partial charge >= 0.3 is 0 Å². The lowest BCUT2D eigenvalue weighted by molar-refractivity contribution is 0.507. The minimum atomic E-state index is 1.02. The second-order valence-electron chi connectivity index (χ2n) is 3.59. The molecule has 4 heteroatoms. The molecule has 0 spiro atoms. The molecule has 2 saturated carbocycles. The second kappa shape index (κ2) is 2.96. The molecule has 0 radical (unpaired) electrons. The van der Waals surface area contributed by atoms with Crippen LogP contribution in [0.3, 0.4) is 0 Å². The van der Waals surface area contributed by atoms with E-state index in [0.29, 0.717) is 0 Å². The molecule has 2 bridgehead atoms. The van der Waals surface area contributed by atoms with E-state index in [1.807, 2.05) is 19.7 Å². The Labute approximate surface area is 82.6 Å². The van der Waals surface area contributed by atoms with Crippen LogP contribution in [0.15, 0.2) is 0 Å². The molecular weight excluding hydrogens is 212 g/mol. The van der Waals surface area contributed by atoms with Gasteiger partial charge in [-0.15, -0.1) is 0 Å². The minimum absolute atomic E-state index is 1.02. The molecule has 0 aromatic carbocycles. The summed E-state index contributed by atoms with van der Waals surface area (Å²) in [5.74, 6) is 2.19. The molecule has 4 atom stereocenters. The van der Waals surface area contributed by atoms with Gasteiger partial charge in [0.15, 0.2) is 0 Å². The van der Waals surface area contributed by atoms with Gasteiger partial charge in [0.1, 0.15) is 0 Å². The average Bonchev–Trinajstić information content (AvgIpc) is 2.64. The van der Waals surface area contributed by atoms with Crippen LogP contribution in [0, 0.1) is 11.8 Å². The molecule has 1 saturated heterocycles. The largest absolute Gasteiger partial charge is 0.0768 e. The molecule has 11 heavy (non-hydrogen) atoms. The lowest BCUT2D eigenvalue weighted by Gasteiger charge is -2.31. The Morgan fingerprint density at radius 2 is 1.36 bits per heavy atom. The second-order valence-corrected chi connectivity index (χ2v) is 9.76. The Bertz CT molecular complexity index is 154. The first-order valence-electron chi connectivity index (χ1n) is 4.10. The predicted molar refractivity (Wildman–Crippen MR) is 58.8 cm³/mol. The molecule has 3 aliphatic rings. The minimum Gasteiger partial charge on any atom is -0.0768 e. The fraction of sp³-hybridized carbons (Fsp3) is 1.00. The Hall–Kier alpha value is 1.40. The van der Waals surface area contributed by atoms with Crippen molar-refractivity contribution in [3.8, 4) is 0 Å². The topological polar surface area (TPSA) is 0 Å². The third kappa shape index (κ3) is 1.17. The SMILES string of the molecule is C1CC2CC1C1SSSSC21. The Balaban J connectivity index is 1.84. The zero-order valence-electron chi connectivity index (χ0n) is 6.06. The van der Waals surface area contributed by atoms with Crippen LogP contribution in [0.2, 0.25) is 0 Å². The van der Waals surface area contributed by atoms with Crippen LogP contribution in [-0.4, -0.2) is 10.5 Å². The zero-order chi connectivity index (χ0) is 7.26. The van der Waals surface area contributed by atoms with E-state index >= 15 is 0 Å². The first-order valence-corrected chi connectivity index (χ1v) is 9.05. The Morgan fingerprint density at radius 3 is 1.91 bits per heavy atom. The molecule has 3 rings (SSSR count). The van der Waals surface area contributed by atoms with Gasteiger partial charge in [-0.2, -0.15) is 0 Å². The molecule has 0 nitrogen and oxygen atoms in total. The van der Waals surface area contributed by atoms with Gasteiger partial charge in [0.25, 0.3) is 0 Å². The summed E-state index contributed by atoms with van der Waals surface area (Å²) in [5.41, 5.74) is 0. The smallest absolute Gasteiger partial charge is 0.0318 e. The highest BCUT2D eigenvalue weighted by Gasteiger charge is 2.49. The maximum absolute atomic E-state index is 2.16. The third-order valence-electron chi connectivity index (χ3n) is 3.10. The van der Waals surface area contributed by atoms with Gasteiger partial charge in [-0.05, 0) is 50.8 Å². The molecule has 3 fully saturated rings. The van der Waals surface area contributed by atoms with E-state index < -0.39 is 0 Å². The summed E-state index contributed by atoms with van der Waals surface area (Å²) in [4.78, 5) is 0. The molecule has 0 aromatic heterocycles. The zero-order valence-corrected chi connectivity index (χ0v) is 9.33. The number of hydrogen-bond acceptors (Lipinski definition) is 4. The molecule has 0 N–H and O–H groups in total. The highest BCUT2D eigenvalue weighted by atomic mass is 33.7. The number of rotatable bonds is 0. The van der Waals surface area contributed by atoms with Gasteiger partial charge in [-0.1, -0.05) is 21.6 Å². The predicted octanol–water partition coefficient (Wildman–Crippen LogP) is 3.84. The molecule has 0 amide bonds. The normalized spacial score (nSPS) is 54.5. The highest BCUT2D eigenvalue weighted by Crippen LogP contribution is 2.65. The lowest BCUT2D eigenvalue weighted by Crippen LogP contribution is -2.26. The van der Waals surface area contributed by atoms with E-state index in [1.165, 1.54) is 12.8 Å². The van der Waals surface area contributed by atoms with E-state index in [1.54, 1.807) is 6.42 Å². The van der Waals surface area contributed by atoms with E-state index in [-0.39, 0.29) is 0 Å². The third-order valence-corrected chi connectivity index (χ3v) is 10.7. The van der Waals surface area contributed by atoms with Crippen molar-refractivity contribution < 1.29 is 0 Å². The van der Waals surface area contributed by atoms with Gasteiger partial charge in [-0.3, -0.25) is 0 Å². The van der Waals surface area contributed by atoms with Crippen molar-refractivity contribution in [2.24, 2.45) is 11.8 Å². The van der Waals surface area contributed by atoms with Crippen molar-refractivity contribution in [1.29, 1.82) is 0 Å². The maximum atomic E-state index is 2.16. The van der Waals surface area contributed by atoms with Crippen molar-refractivity contribution in [1.82, 2.24) is 0 Å². The van der Waals surface area contributed by atoms with Crippen molar-refractivity contribution in [3.63, 3.8) is 0 Å². The van der Waals surface area contributed by atoms with Crippen LogP contribution in [0.5, 0.6) is 0 Å². The van der Waals surface area contributed by atoms with Crippen molar-refractivity contribution in [2.45, 2.75) is 29.8 Å². The highest BCUT2D eigenvalue weighted by molar-refractivity contribution is 9.27. The van der Waals surface area contributed by atoms with Gasteiger partial charge in [-0.25, -0.2) is 0 Å². The Morgan fingerprint density at radius 1 is 0.818 bits per heavy atom. The quantitative estimate of drug-likeness (QED) is 0.571. The van der Waals surface area contributed by atoms with E-state index in [4.69, 9.17) is 0 Å². The fourth-order valence-electron chi connectivity index (χ4n) is 2.58. The van der Waals surface area contributed by atoms with Crippen molar-refractivity contribution in [3.05, 3.63) is 0 Å². The molecule has 1 heterocycles. The van der Waals surface area contributed by atoms with Gasteiger partial charge in [0, 0.05) is 10.5 Å². The Kier molecular flexibility index (Phi) is 2.09. The summed E-state index contributed by atoms with van der Waals surface area (Å²) >= 11 is 0. The summed E-state index contributed by atoms with van der Waals surface area (Å²) in [6, 6.07) is 0. The van der Waals surface area contributed by atoms with Crippen LogP contribution in [0.1, 0.15) is 19.3 Å². The van der Waals surface area contributed by atoms with Crippen LogP contribution in [0.4, 0.5) is 0 Å². The number of hydrogen-bond donors (Lipinski definition) is 0. The molecule has 0 aromatic rings. The monoisotopic (exact) mass is 222 g/mol. The van der Waals surface area contributed by atoms with Crippen molar-refractivity contribution in [2.75, 3.05) is 0 Å². The molecular formula is C7H10S4. The van der Waals surface area contributed by atoms with Gasteiger partial charge in [0.05, 0.1) is 0 Å². The summed E-state index contributed by atoms with van der Waals surface area (Å²) in [7, 11) is 8.33. The summed E-state index contributed by atoms with van der Waals surface area (Å²) in [6.45, 7) is 0. The standard InChI is InChI=1S/C7H10S4/c1-2-5-3-4(1)6-7(5)9-11-10-8-6/h4-7H,1-3H2. The first-order chi connectivity index (χ1) is 5.45. The molecule has 2 aliphatic carbocycles. The van der Waals surface area contributed by atoms with Crippen LogP contribution in [0.25, 0.3) is 0 Å². The van der Waals surface area contributed by atoms with Crippen LogP contribution >= 0.6 is 41.2 Å². The van der Waals surface area contributed by atoms with Crippen LogP contribution in [-0.2, 0) is 0 Å². The van der Waals surface area contributed by atoms with Gasteiger partial charge < -0.3 is 0 Å². The summed E-state index contributed by atoms with van der Waals surface area (Å²) in [6.07, 6.45) is 4.62. The van der Waals surface area contributed by atoms with Crippen LogP contribution < -0.4 is 0 Å². The summed E-state index contributed by atoms with van der Waals surface area (Å²) < 4.78 is 0. The van der Waals surface area contributed by atoms with E-state index in [2.05, 4.69) is 21.6 Å². The lowest BCUT2D eigenvalue weighted by atomic mass is 10.00. The van der Waals surface area contributed by atoms with Gasteiger partial charge in [0.2, 0.25) is 0 Å². The molecule has 1 aliphatic heterocycles. The van der Waals surface area contributed by atoms with Crippen molar-refractivity contribution >= 4 is 41.2 Å². The molecule has 62 valence electrons. The fourth-order valence-corrected chi connectivity index (χ4v) is 11.4. The maximum Gasteiger partial charge on any atom is 0.0318 e. The van der Waals surface area contributed by atoms with E-state index in [9.17, 15) is 0 Å². The number of fused-ring (bicyclic) bond motifs is 5. The van der Waals surface area contributed by atoms with E-state index in [0.717, 1.165) is 22.3 Å². The first kappa shape index (κ1) is 7.77. The average molecular weight is 222 g/mol. The molecule has 4 unspecified atom stereocenters. The summed E-state index contributed by atoms with van der Waals surface area (Å²) in [5, 5.41) is 2.04.